The van der Waals surface area contributed by atoms with Gasteiger partial charge in [-0.05, 0) is 53.7 Å². The number of tetrazole rings is 1. The first kappa shape index (κ1) is 17.3. The Bertz CT molecular complexity index is 891. The van der Waals surface area contributed by atoms with E-state index >= 15 is 0 Å². The Labute approximate surface area is 149 Å². The first-order valence-corrected chi connectivity index (χ1v) is 8.01. The minimum Gasteiger partial charge on any atom is -0.426 e. The van der Waals surface area contributed by atoms with Crippen molar-refractivity contribution in [2.24, 2.45) is 0 Å². The maximum absolute atomic E-state index is 12.0. The summed E-state index contributed by atoms with van der Waals surface area (Å²) >= 11 is 0. The SMILES string of the molecule is Cc1cccc(C(=O)NCCC(=O)Oc2ccc(-n3cnnn3)cc2)c1. The van der Waals surface area contributed by atoms with Gasteiger partial charge >= 0.3 is 5.97 Å². The lowest BCUT2D eigenvalue weighted by Crippen LogP contribution is -2.27. The van der Waals surface area contributed by atoms with Gasteiger partial charge in [-0.25, -0.2) is 4.68 Å². The first-order valence-electron chi connectivity index (χ1n) is 8.01. The van der Waals surface area contributed by atoms with Gasteiger partial charge in [0.25, 0.3) is 5.91 Å². The van der Waals surface area contributed by atoms with Crippen LogP contribution < -0.4 is 10.1 Å². The molecule has 0 aliphatic heterocycles. The van der Waals surface area contributed by atoms with Crippen molar-refractivity contribution in [2.45, 2.75) is 13.3 Å². The maximum Gasteiger partial charge on any atom is 0.312 e. The van der Waals surface area contributed by atoms with E-state index in [9.17, 15) is 9.59 Å². The summed E-state index contributed by atoms with van der Waals surface area (Å²) in [5.74, 6) is -0.228. The van der Waals surface area contributed by atoms with Gasteiger partial charge in [0.2, 0.25) is 0 Å². The number of aromatic nitrogens is 4. The zero-order chi connectivity index (χ0) is 18.4. The molecule has 0 radical (unpaired) electrons. The number of amides is 1. The predicted molar refractivity (Wildman–Crippen MR) is 92.9 cm³/mol. The number of carbonyl (C=O) groups is 2. The monoisotopic (exact) mass is 351 g/mol. The third kappa shape index (κ3) is 4.50. The van der Waals surface area contributed by atoms with Crippen molar-refractivity contribution in [1.29, 1.82) is 0 Å². The van der Waals surface area contributed by atoms with Gasteiger partial charge in [-0.3, -0.25) is 9.59 Å². The first-order chi connectivity index (χ1) is 12.6. The molecule has 1 N–H and O–H groups in total. The molecule has 0 aliphatic rings. The number of nitrogens with zero attached hydrogens (tertiary/aromatic N) is 4. The van der Waals surface area contributed by atoms with Crippen LogP contribution >= 0.6 is 0 Å². The molecule has 2 aromatic carbocycles. The Morgan fingerprint density at radius 2 is 1.96 bits per heavy atom. The van der Waals surface area contributed by atoms with Gasteiger partial charge < -0.3 is 10.1 Å². The fourth-order valence-corrected chi connectivity index (χ4v) is 2.30. The van der Waals surface area contributed by atoms with Gasteiger partial charge in [0.05, 0.1) is 12.1 Å². The molecule has 0 saturated carbocycles. The fourth-order valence-electron chi connectivity index (χ4n) is 2.30. The summed E-state index contributed by atoms with van der Waals surface area (Å²) < 4.78 is 6.73. The predicted octanol–water partition coefficient (Wildman–Crippen LogP) is 1.70. The topological polar surface area (TPSA) is 99.0 Å². The van der Waals surface area contributed by atoms with Gasteiger partial charge in [-0.15, -0.1) is 5.10 Å². The van der Waals surface area contributed by atoms with Crippen molar-refractivity contribution < 1.29 is 14.3 Å². The van der Waals surface area contributed by atoms with Gasteiger partial charge in [0, 0.05) is 12.1 Å². The molecule has 0 saturated heterocycles. The average Bonchev–Trinajstić information content (AvgIpc) is 3.17. The van der Waals surface area contributed by atoms with E-state index in [0.29, 0.717) is 11.3 Å². The maximum atomic E-state index is 12.0. The normalized spacial score (nSPS) is 10.3. The largest absolute Gasteiger partial charge is 0.426 e. The summed E-state index contributed by atoms with van der Waals surface area (Å²) in [5.41, 5.74) is 2.32. The van der Waals surface area contributed by atoms with E-state index in [1.165, 1.54) is 11.0 Å². The molecule has 1 heterocycles. The van der Waals surface area contributed by atoms with Crippen LogP contribution in [0.1, 0.15) is 22.3 Å². The smallest absolute Gasteiger partial charge is 0.312 e. The molecule has 0 atom stereocenters. The van der Waals surface area contributed by atoms with E-state index in [2.05, 4.69) is 20.8 Å². The molecule has 3 aromatic rings. The average molecular weight is 351 g/mol. The Hall–Kier alpha value is -3.55. The minimum atomic E-state index is -0.426. The standard InChI is InChI=1S/C18H17N5O3/c1-13-3-2-4-14(11-13)18(25)19-10-9-17(24)26-16-7-5-15(6-8-16)23-12-20-21-22-23/h2-8,11-12H,9-10H2,1H3,(H,19,25). The molecule has 26 heavy (non-hydrogen) atoms. The van der Waals surface area contributed by atoms with E-state index in [1.54, 1.807) is 36.4 Å². The highest BCUT2D eigenvalue weighted by Gasteiger charge is 2.09. The number of carbonyl (C=O) groups excluding carboxylic acids is 2. The van der Waals surface area contributed by atoms with Crippen LogP contribution in [0.3, 0.4) is 0 Å². The number of benzene rings is 2. The molecule has 0 fully saturated rings. The van der Waals surface area contributed by atoms with Crippen LogP contribution in [0.25, 0.3) is 5.69 Å². The third-order valence-electron chi connectivity index (χ3n) is 3.58. The summed E-state index contributed by atoms with van der Waals surface area (Å²) in [7, 11) is 0. The Morgan fingerprint density at radius 3 is 2.65 bits per heavy atom. The van der Waals surface area contributed by atoms with Gasteiger partial charge in [-0.2, -0.15) is 0 Å². The zero-order valence-corrected chi connectivity index (χ0v) is 14.1. The number of esters is 1. The molecule has 0 spiro atoms. The summed E-state index contributed by atoms with van der Waals surface area (Å²) in [6.07, 6.45) is 1.55. The van der Waals surface area contributed by atoms with Crippen LogP contribution in [0.15, 0.2) is 54.9 Å². The zero-order valence-electron chi connectivity index (χ0n) is 14.1. The second-order valence-electron chi connectivity index (χ2n) is 5.60. The number of aryl methyl sites for hydroxylation is 1. The molecule has 8 heteroatoms. The highest BCUT2D eigenvalue weighted by atomic mass is 16.5. The molecule has 0 bridgehead atoms. The van der Waals surface area contributed by atoms with Crippen LogP contribution in [0.5, 0.6) is 5.75 Å². The number of rotatable bonds is 6. The molecular weight excluding hydrogens is 334 g/mol. The van der Waals surface area contributed by atoms with Gasteiger partial charge in [-0.1, -0.05) is 17.7 Å². The molecule has 1 amide bonds. The van der Waals surface area contributed by atoms with Crippen molar-refractivity contribution in [1.82, 2.24) is 25.5 Å². The van der Waals surface area contributed by atoms with Crippen molar-refractivity contribution in [3.63, 3.8) is 0 Å². The molecule has 0 aliphatic carbocycles. The Balaban J connectivity index is 1.46. The van der Waals surface area contributed by atoms with E-state index in [1.807, 2.05) is 19.1 Å². The van der Waals surface area contributed by atoms with Crippen molar-refractivity contribution in [3.05, 3.63) is 66.0 Å². The number of nitrogens with one attached hydrogen (secondary N) is 1. The van der Waals surface area contributed by atoms with Crippen LogP contribution in [0, 0.1) is 6.92 Å². The summed E-state index contributed by atoms with van der Waals surface area (Å²) in [6.45, 7) is 2.12. The molecular formula is C18H17N5O3. The summed E-state index contributed by atoms with van der Waals surface area (Å²) in [6, 6.07) is 14.0. The second kappa shape index (κ2) is 8.02. The molecule has 1 aromatic heterocycles. The lowest BCUT2D eigenvalue weighted by Gasteiger charge is -2.07. The summed E-state index contributed by atoms with van der Waals surface area (Å²) in [5, 5.41) is 13.6. The van der Waals surface area contributed by atoms with Gasteiger partial charge in [0.1, 0.15) is 12.1 Å². The quantitative estimate of drug-likeness (QED) is 0.536. The highest BCUT2D eigenvalue weighted by molar-refractivity contribution is 5.94. The molecule has 132 valence electrons. The number of hydrogen-bond acceptors (Lipinski definition) is 6. The van der Waals surface area contributed by atoms with Crippen molar-refractivity contribution in [2.75, 3.05) is 6.54 Å². The van der Waals surface area contributed by atoms with E-state index < -0.39 is 5.97 Å². The lowest BCUT2D eigenvalue weighted by atomic mass is 10.1. The lowest BCUT2D eigenvalue weighted by molar-refractivity contribution is -0.134. The summed E-state index contributed by atoms with van der Waals surface area (Å²) in [4.78, 5) is 23.9. The molecule has 3 rings (SSSR count). The van der Waals surface area contributed by atoms with E-state index in [-0.39, 0.29) is 18.9 Å². The third-order valence-corrected chi connectivity index (χ3v) is 3.58. The van der Waals surface area contributed by atoms with Crippen molar-refractivity contribution >= 4 is 11.9 Å². The van der Waals surface area contributed by atoms with Gasteiger partial charge in [0.15, 0.2) is 0 Å². The van der Waals surface area contributed by atoms with E-state index in [0.717, 1.165) is 11.3 Å². The van der Waals surface area contributed by atoms with Crippen LogP contribution in [-0.4, -0.2) is 38.6 Å². The number of ether oxygens (including phenoxy) is 1. The van der Waals surface area contributed by atoms with Crippen LogP contribution in [0.4, 0.5) is 0 Å². The van der Waals surface area contributed by atoms with Crippen LogP contribution in [0.2, 0.25) is 0 Å². The fraction of sp³-hybridized carbons (Fsp3) is 0.167. The van der Waals surface area contributed by atoms with Crippen LogP contribution in [-0.2, 0) is 4.79 Å². The van der Waals surface area contributed by atoms with Crippen molar-refractivity contribution in [3.8, 4) is 11.4 Å². The Morgan fingerprint density at radius 1 is 1.15 bits per heavy atom. The Kier molecular flexibility index (Phi) is 5.33. The second-order valence-corrected chi connectivity index (χ2v) is 5.60. The molecule has 0 unspecified atom stereocenters. The minimum absolute atomic E-state index is 0.0757. The van der Waals surface area contributed by atoms with E-state index in [4.69, 9.17) is 4.74 Å². The number of hydrogen-bond donors (Lipinski definition) is 1. The molecule has 8 nitrogen and oxygen atoms in total. The highest BCUT2D eigenvalue weighted by Crippen LogP contribution is 2.14.